The summed E-state index contributed by atoms with van der Waals surface area (Å²) in [6.07, 6.45) is 0.500. The van der Waals surface area contributed by atoms with Gasteiger partial charge in [0, 0.05) is 6.42 Å². The van der Waals surface area contributed by atoms with Crippen LogP contribution in [0.3, 0.4) is 0 Å². The summed E-state index contributed by atoms with van der Waals surface area (Å²) in [6.45, 7) is 3.93. The lowest BCUT2D eigenvalue weighted by Gasteiger charge is -1.95. The molecule has 0 rings (SSSR count). The Hall–Kier alpha value is -1.59. The molecule has 0 aromatic rings. The number of nitrogens with two attached hydrogens (primary N) is 3. The van der Waals surface area contributed by atoms with Crippen LogP contribution in [0.15, 0.2) is 0 Å². The molecule has 0 aliphatic rings. The van der Waals surface area contributed by atoms with E-state index in [1.165, 1.54) is 0 Å². The van der Waals surface area contributed by atoms with Gasteiger partial charge in [0.05, 0.1) is 0 Å². The van der Waals surface area contributed by atoms with Gasteiger partial charge in [-0.15, -0.1) is 0 Å². The molecule has 0 heterocycles. The van der Waals surface area contributed by atoms with Crippen LogP contribution in [0.5, 0.6) is 0 Å². The molecule has 0 unspecified atom stereocenters. The summed E-state index contributed by atoms with van der Waals surface area (Å²) >= 11 is 0. The first-order valence-electron chi connectivity index (χ1n) is 3.64. The molecule has 0 spiro atoms. The topological polar surface area (TPSA) is 129 Å². The zero-order valence-corrected chi connectivity index (χ0v) is 7.74. The first-order valence-corrected chi connectivity index (χ1v) is 3.64. The number of hydrogen-bond donors (Lipinski definition) is 3. The molecule has 76 valence electrons. The minimum absolute atomic E-state index is 0.213. The molecule has 0 aromatic heterocycles. The van der Waals surface area contributed by atoms with Gasteiger partial charge < -0.3 is 17.2 Å². The SMILES string of the molecule is CC(C)CC(N)=O.NC(=O)C(N)=O. The molecule has 13 heavy (non-hydrogen) atoms. The van der Waals surface area contributed by atoms with Crippen molar-refractivity contribution in [1.82, 2.24) is 0 Å². The zero-order chi connectivity index (χ0) is 11.0. The van der Waals surface area contributed by atoms with Crippen molar-refractivity contribution in [3.05, 3.63) is 0 Å². The van der Waals surface area contributed by atoms with Crippen molar-refractivity contribution >= 4 is 17.7 Å². The number of amides is 3. The van der Waals surface area contributed by atoms with Crippen LogP contribution in [0, 0.1) is 5.92 Å². The lowest BCUT2D eigenvalue weighted by Crippen LogP contribution is -2.29. The van der Waals surface area contributed by atoms with Crippen LogP contribution >= 0.6 is 0 Å². The van der Waals surface area contributed by atoms with Crippen LogP contribution in [0.1, 0.15) is 20.3 Å². The average Bonchev–Trinajstić information content (AvgIpc) is 1.84. The molecule has 0 atom stereocenters. The Kier molecular flexibility index (Phi) is 7.61. The van der Waals surface area contributed by atoms with Gasteiger partial charge >= 0.3 is 11.8 Å². The maximum Gasteiger partial charge on any atom is 0.306 e. The average molecular weight is 189 g/mol. The van der Waals surface area contributed by atoms with Gasteiger partial charge in [-0.3, -0.25) is 14.4 Å². The van der Waals surface area contributed by atoms with Gasteiger partial charge in [0.25, 0.3) is 0 Å². The van der Waals surface area contributed by atoms with Crippen LogP contribution in [0.25, 0.3) is 0 Å². The molecule has 6 heteroatoms. The van der Waals surface area contributed by atoms with Crippen molar-refractivity contribution in [3.63, 3.8) is 0 Å². The van der Waals surface area contributed by atoms with Gasteiger partial charge in [0.1, 0.15) is 0 Å². The second kappa shape index (κ2) is 7.08. The fourth-order valence-electron chi connectivity index (χ4n) is 0.402. The highest BCUT2D eigenvalue weighted by Crippen LogP contribution is 1.95. The van der Waals surface area contributed by atoms with Crippen LogP contribution in [-0.4, -0.2) is 17.7 Å². The molecule has 6 N–H and O–H groups in total. The second-order valence-corrected chi connectivity index (χ2v) is 2.79. The van der Waals surface area contributed by atoms with Crippen LogP contribution in [0.2, 0.25) is 0 Å². The molecule has 3 amide bonds. The summed E-state index contributed by atoms with van der Waals surface area (Å²) in [7, 11) is 0. The Labute approximate surface area is 76.4 Å². The monoisotopic (exact) mass is 189 g/mol. The molecule has 0 aliphatic heterocycles. The molecule has 0 saturated heterocycles. The third-order valence-corrected chi connectivity index (χ3v) is 0.852. The van der Waals surface area contributed by atoms with Crippen molar-refractivity contribution in [1.29, 1.82) is 0 Å². The summed E-state index contributed by atoms with van der Waals surface area (Å²) in [5, 5.41) is 0. The van der Waals surface area contributed by atoms with Crippen molar-refractivity contribution in [3.8, 4) is 0 Å². The van der Waals surface area contributed by atoms with Crippen LogP contribution in [0.4, 0.5) is 0 Å². The molecular formula is C7H15N3O3. The van der Waals surface area contributed by atoms with E-state index in [0.29, 0.717) is 12.3 Å². The highest BCUT2D eigenvalue weighted by Gasteiger charge is 1.97. The molecule has 0 saturated carbocycles. The molecule has 6 nitrogen and oxygen atoms in total. The van der Waals surface area contributed by atoms with E-state index < -0.39 is 11.8 Å². The van der Waals surface area contributed by atoms with Gasteiger partial charge in [0.2, 0.25) is 5.91 Å². The van der Waals surface area contributed by atoms with Crippen LogP contribution < -0.4 is 17.2 Å². The van der Waals surface area contributed by atoms with E-state index in [0.717, 1.165) is 0 Å². The van der Waals surface area contributed by atoms with Crippen molar-refractivity contribution < 1.29 is 14.4 Å². The van der Waals surface area contributed by atoms with Crippen LogP contribution in [-0.2, 0) is 14.4 Å². The molecule has 0 aliphatic carbocycles. The predicted molar refractivity (Wildman–Crippen MR) is 47.0 cm³/mol. The van der Waals surface area contributed by atoms with E-state index in [-0.39, 0.29) is 5.91 Å². The van der Waals surface area contributed by atoms with E-state index >= 15 is 0 Å². The number of primary amides is 3. The predicted octanol–water partition coefficient (Wildman–Crippen LogP) is -1.53. The molecule has 0 bridgehead atoms. The van der Waals surface area contributed by atoms with Crippen molar-refractivity contribution in [2.75, 3.05) is 0 Å². The van der Waals surface area contributed by atoms with E-state index in [2.05, 4.69) is 11.5 Å². The quantitative estimate of drug-likeness (QED) is 0.456. The zero-order valence-electron chi connectivity index (χ0n) is 7.74. The van der Waals surface area contributed by atoms with E-state index in [1.807, 2.05) is 13.8 Å². The van der Waals surface area contributed by atoms with Gasteiger partial charge in [-0.1, -0.05) is 13.8 Å². The largest absolute Gasteiger partial charge is 0.370 e. The Morgan fingerprint density at radius 3 is 1.31 bits per heavy atom. The number of carbonyl (C=O) groups is 3. The maximum atomic E-state index is 10.0. The molecular weight excluding hydrogens is 174 g/mol. The number of rotatable bonds is 2. The Balaban J connectivity index is 0. The molecule has 0 fully saturated rings. The van der Waals surface area contributed by atoms with E-state index in [1.54, 1.807) is 0 Å². The second-order valence-electron chi connectivity index (χ2n) is 2.79. The van der Waals surface area contributed by atoms with Crippen molar-refractivity contribution in [2.45, 2.75) is 20.3 Å². The summed E-state index contributed by atoms with van der Waals surface area (Å²) in [4.78, 5) is 28.9. The smallest absolute Gasteiger partial charge is 0.306 e. The van der Waals surface area contributed by atoms with Crippen molar-refractivity contribution in [2.24, 2.45) is 23.1 Å². The number of hydrogen-bond acceptors (Lipinski definition) is 3. The lowest BCUT2D eigenvalue weighted by molar-refractivity contribution is -0.135. The lowest BCUT2D eigenvalue weighted by atomic mass is 10.1. The first kappa shape index (κ1) is 14.0. The van der Waals surface area contributed by atoms with Gasteiger partial charge in [0.15, 0.2) is 0 Å². The normalized spacial score (nSPS) is 8.54. The van der Waals surface area contributed by atoms with E-state index in [4.69, 9.17) is 5.73 Å². The van der Waals surface area contributed by atoms with Gasteiger partial charge in [-0.25, -0.2) is 0 Å². The summed E-state index contributed by atoms with van der Waals surface area (Å²) < 4.78 is 0. The minimum atomic E-state index is -1.10. The Bertz CT molecular complexity index is 189. The Morgan fingerprint density at radius 1 is 1.00 bits per heavy atom. The fourth-order valence-corrected chi connectivity index (χ4v) is 0.402. The highest BCUT2D eigenvalue weighted by atomic mass is 16.2. The fraction of sp³-hybridized carbons (Fsp3) is 0.571. The van der Waals surface area contributed by atoms with E-state index in [9.17, 15) is 14.4 Å². The number of carbonyl (C=O) groups excluding carboxylic acids is 3. The third-order valence-electron chi connectivity index (χ3n) is 0.852. The molecule has 0 aromatic carbocycles. The standard InChI is InChI=1S/C5H11NO.C2H4N2O2/c1-4(2)3-5(6)7;3-1(5)2(4)6/h4H,3H2,1-2H3,(H2,6,7);(H2,3,5)(H2,4,6). The molecule has 0 radical (unpaired) electrons. The van der Waals surface area contributed by atoms with Gasteiger partial charge in [-0.2, -0.15) is 0 Å². The summed E-state index contributed by atoms with van der Waals surface area (Å²) in [6, 6.07) is 0. The minimum Gasteiger partial charge on any atom is -0.370 e. The summed E-state index contributed by atoms with van der Waals surface area (Å²) in [5.74, 6) is -2.02. The maximum absolute atomic E-state index is 10.0. The third kappa shape index (κ3) is 17.9. The summed E-state index contributed by atoms with van der Waals surface area (Å²) in [5.41, 5.74) is 13.5. The van der Waals surface area contributed by atoms with Gasteiger partial charge in [-0.05, 0) is 5.92 Å². The Morgan fingerprint density at radius 2 is 1.31 bits per heavy atom. The first-order chi connectivity index (χ1) is 5.77. The highest BCUT2D eigenvalue weighted by molar-refractivity contribution is 6.33.